The zero-order valence-corrected chi connectivity index (χ0v) is 14.5. The van der Waals surface area contributed by atoms with Gasteiger partial charge < -0.3 is 9.47 Å². The molecule has 0 amide bonds. The van der Waals surface area contributed by atoms with Gasteiger partial charge in [0.15, 0.2) is 17.0 Å². The molecule has 130 valence electrons. The fraction of sp³-hybridized carbons (Fsp3) is 0.500. The lowest BCUT2D eigenvalue weighted by Gasteiger charge is -2.15. The fourth-order valence-electron chi connectivity index (χ4n) is 2.76. The van der Waals surface area contributed by atoms with Crippen molar-refractivity contribution in [1.29, 1.82) is 0 Å². The number of hydrogen-bond donors (Lipinski definition) is 0. The van der Waals surface area contributed by atoms with Crippen molar-refractivity contribution in [2.75, 3.05) is 13.7 Å². The number of rotatable bonds is 9. The smallest absolute Gasteiger partial charge is 0.299 e. The van der Waals surface area contributed by atoms with Gasteiger partial charge in [0, 0.05) is 6.20 Å². The van der Waals surface area contributed by atoms with Crippen molar-refractivity contribution < 1.29 is 14.4 Å². The Morgan fingerprint density at radius 2 is 2.04 bits per heavy atom. The lowest BCUT2D eigenvalue weighted by Crippen LogP contribution is -2.03. The molecule has 0 aliphatic heterocycles. The van der Waals surface area contributed by atoms with Gasteiger partial charge in [-0.15, -0.1) is 0 Å². The highest BCUT2D eigenvalue weighted by atomic mass is 16.6. The van der Waals surface area contributed by atoms with E-state index in [0.29, 0.717) is 29.0 Å². The molecule has 0 fully saturated rings. The van der Waals surface area contributed by atoms with Gasteiger partial charge >= 0.3 is 0 Å². The van der Waals surface area contributed by atoms with E-state index in [1.54, 1.807) is 6.20 Å². The van der Waals surface area contributed by atoms with E-state index in [9.17, 15) is 10.1 Å². The van der Waals surface area contributed by atoms with Crippen LogP contribution in [0, 0.1) is 10.1 Å². The van der Waals surface area contributed by atoms with Crippen molar-refractivity contribution in [1.82, 2.24) is 4.98 Å². The molecule has 1 aromatic carbocycles. The predicted molar refractivity (Wildman–Crippen MR) is 94.0 cm³/mol. The third-order valence-electron chi connectivity index (χ3n) is 4.04. The third-order valence-corrected chi connectivity index (χ3v) is 4.04. The van der Waals surface area contributed by atoms with Gasteiger partial charge in [-0.1, -0.05) is 33.1 Å². The Labute approximate surface area is 141 Å². The van der Waals surface area contributed by atoms with Crippen molar-refractivity contribution in [2.45, 2.75) is 46.0 Å². The largest absolute Gasteiger partial charge is 0.493 e. The van der Waals surface area contributed by atoms with E-state index in [4.69, 9.17) is 9.47 Å². The minimum absolute atomic E-state index is 0.0597. The van der Waals surface area contributed by atoms with Gasteiger partial charge in [0.1, 0.15) is 0 Å². The van der Waals surface area contributed by atoms with Gasteiger partial charge in [0.2, 0.25) is 0 Å². The average molecular weight is 332 g/mol. The summed E-state index contributed by atoms with van der Waals surface area (Å²) in [6, 6.07) is 3.27. The molecule has 0 saturated heterocycles. The summed E-state index contributed by atoms with van der Waals surface area (Å²) in [4.78, 5) is 15.2. The van der Waals surface area contributed by atoms with E-state index in [1.165, 1.54) is 19.6 Å². The molecule has 1 heterocycles. The van der Waals surface area contributed by atoms with Gasteiger partial charge in [-0.25, -0.2) is 4.98 Å². The summed E-state index contributed by atoms with van der Waals surface area (Å²) >= 11 is 0. The first-order chi connectivity index (χ1) is 11.6. The zero-order valence-electron chi connectivity index (χ0n) is 14.5. The van der Waals surface area contributed by atoms with Crippen LogP contribution in [0.3, 0.4) is 0 Å². The molecule has 2 rings (SSSR count). The number of ether oxygens (including phenoxy) is 2. The molecule has 0 spiro atoms. The number of fused-ring (bicyclic) bond motifs is 1. The normalized spacial score (nSPS) is 10.8. The molecule has 0 unspecified atom stereocenters. The maximum Gasteiger partial charge on any atom is 0.299 e. The monoisotopic (exact) mass is 332 g/mol. The molecule has 24 heavy (non-hydrogen) atoms. The molecule has 0 saturated carbocycles. The van der Waals surface area contributed by atoms with Gasteiger partial charge in [-0.3, -0.25) is 10.1 Å². The Morgan fingerprint density at radius 1 is 1.25 bits per heavy atom. The first-order valence-corrected chi connectivity index (χ1v) is 8.39. The quantitative estimate of drug-likeness (QED) is 0.379. The van der Waals surface area contributed by atoms with Crippen LogP contribution in [0.25, 0.3) is 10.9 Å². The second-order valence-electron chi connectivity index (χ2n) is 5.64. The molecule has 0 radical (unpaired) electrons. The van der Waals surface area contributed by atoms with Gasteiger partial charge in [0.25, 0.3) is 5.69 Å². The van der Waals surface area contributed by atoms with Crippen LogP contribution in [-0.4, -0.2) is 23.6 Å². The van der Waals surface area contributed by atoms with E-state index in [2.05, 4.69) is 11.9 Å². The molecular formula is C18H24N2O4. The Bertz CT molecular complexity index is 716. The number of nitro benzene ring substituents is 1. The number of nitro groups is 1. The minimum atomic E-state index is -0.428. The summed E-state index contributed by atoms with van der Waals surface area (Å²) in [7, 11) is 1.50. The standard InChI is InChI=1S/C18H24N2O4/c1-4-6-7-8-11-24-18-15(23-3)12-14(20(21)22)17-16(18)13(5-2)9-10-19-17/h9-10,12H,4-8,11H2,1-3H3. The summed E-state index contributed by atoms with van der Waals surface area (Å²) in [5, 5.41) is 12.1. The van der Waals surface area contributed by atoms with Crippen LogP contribution in [0.5, 0.6) is 11.5 Å². The molecule has 0 aliphatic carbocycles. The summed E-state index contributed by atoms with van der Waals surface area (Å²) in [5.74, 6) is 0.937. The highest BCUT2D eigenvalue weighted by molar-refractivity contribution is 5.97. The van der Waals surface area contributed by atoms with Crippen molar-refractivity contribution in [3.8, 4) is 11.5 Å². The number of benzene rings is 1. The second-order valence-corrected chi connectivity index (χ2v) is 5.64. The SMILES string of the molecule is CCCCCCOc1c(OC)cc([N+](=O)[O-])c2nccc(CC)c12. The molecule has 2 aromatic rings. The lowest BCUT2D eigenvalue weighted by molar-refractivity contribution is -0.383. The molecule has 0 atom stereocenters. The van der Waals surface area contributed by atoms with Crippen LogP contribution in [0.4, 0.5) is 5.69 Å². The first kappa shape index (κ1) is 18.0. The average Bonchev–Trinajstić information content (AvgIpc) is 2.60. The van der Waals surface area contributed by atoms with Crippen LogP contribution < -0.4 is 9.47 Å². The van der Waals surface area contributed by atoms with Crippen LogP contribution in [-0.2, 0) is 6.42 Å². The van der Waals surface area contributed by atoms with Crippen LogP contribution >= 0.6 is 0 Å². The number of aryl methyl sites for hydroxylation is 1. The number of hydrogen-bond acceptors (Lipinski definition) is 5. The van der Waals surface area contributed by atoms with Crippen LogP contribution in [0.15, 0.2) is 18.3 Å². The minimum Gasteiger partial charge on any atom is -0.493 e. The highest BCUT2D eigenvalue weighted by Gasteiger charge is 2.23. The van der Waals surface area contributed by atoms with Crippen LogP contribution in [0.1, 0.15) is 45.1 Å². The van der Waals surface area contributed by atoms with Crippen molar-refractivity contribution >= 4 is 16.6 Å². The Balaban J connectivity index is 2.50. The molecule has 6 heteroatoms. The van der Waals surface area contributed by atoms with E-state index >= 15 is 0 Å². The first-order valence-electron chi connectivity index (χ1n) is 8.39. The number of aromatic nitrogens is 1. The predicted octanol–water partition coefficient (Wildman–Crippen LogP) is 4.67. The van der Waals surface area contributed by atoms with E-state index < -0.39 is 4.92 Å². The molecular weight excluding hydrogens is 308 g/mol. The Hall–Kier alpha value is -2.37. The fourth-order valence-corrected chi connectivity index (χ4v) is 2.76. The Morgan fingerprint density at radius 3 is 2.67 bits per heavy atom. The summed E-state index contributed by atoms with van der Waals surface area (Å²) in [6.45, 7) is 4.72. The van der Waals surface area contributed by atoms with Crippen molar-refractivity contribution in [3.63, 3.8) is 0 Å². The highest BCUT2D eigenvalue weighted by Crippen LogP contribution is 2.42. The van der Waals surface area contributed by atoms with Gasteiger partial charge in [-0.05, 0) is 24.5 Å². The second kappa shape index (κ2) is 8.47. The van der Waals surface area contributed by atoms with Gasteiger partial charge in [-0.2, -0.15) is 0 Å². The molecule has 0 N–H and O–H groups in total. The summed E-state index contributed by atoms with van der Waals surface area (Å²) < 4.78 is 11.3. The molecule has 6 nitrogen and oxygen atoms in total. The lowest BCUT2D eigenvalue weighted by atomic mass is 10.0. The van der Waals surface area contributed by atoms with E-state index in [0.717, 1.165) is 31.2 Å². The topological polar surface area (TPSA) is 74.5 Å². The third kappa shape index (κ3) is 3.75. The summed E-state index contributed by atoms with van der Waals surface area (Å²) in [6.07, 6.45) is 6.71. The Kier molecular flexibility index (Phi) is 6.35. The number of nitrogens with zero attached hydrogens (tertiary/aromatic N) is 2. The number of non-ortho nitro benzene ring substituents is 1. The van der Waals surface area contributed by atoms with E-state index in [-0.39, 0.29) is 5.69 Å². The van der Waals surface area contributed by atoms with Gasteiger partial charge in [0.05, 0.1) is 30.1 Å². The molecule has 0 aliphatic rings. The molecule has 0 bridgehead atoms. The summed E-state index contributed by atoms with van der Waals surface area (Å²) in [5.41, 5.74) is 1.25. The zero-order chi connectivity index (χ0) is 17.5. The maximum absolute atomic E-state index is 11.4. The number of pyridine rings is 1. The van der Waals surface area contributed by atoms with E-state index in [1.807, 2.05) is 13.0 Å². The van der Waals surface area contributed by atoms with Crippen LogP contribution in [0.2, 0.25) is 0 Å². The van der Waals surface area contributed by atoms with Crippen molar-refractivity contribution in [3.05, 3.63) is 34.0 Å². The van der Waals surface area contributed by atoms with Crippen molar-refractivity contribution in [2.24, 2.45) is 0 Å². The molecule has 1 aromatic heterocycles. The number of unbranched alkanes of at least 4 members (excludes halogenated alkanes) is 3. The maximum atomic E-state index is 11.4. The number of methoxy groups -OCH3 is 1.